The standard InChI is InChI=1S/C7H5FN2O/c8-11-7-3-5(4-9)1-2-6(7)10/h1-3H,10H2. The molecule has 0 heterocycles. The summed E-state index contributed by atoms with van der Waals surface area (Å²) in [7, 11) is 0. The van der Waals surface area contributed by atoms with E-state index in [1.54, 1.807) is 0 Å². The molecule has 1 aromatic carbocycles. The van der Waals surface area contributed by atoms with Gasteiger partial charge in [-0.25, -0.2) is 0 Å². The Labute approximate surface area is 62.7 Å². The van der Waals surface area contributed by atoms with Crippen LogP contribution in [0.3, 0.4) is 0 Å². The lowest BCUT2D eigenvalue weighted by Crippen LogP contribution is -1.89. The third-order valence-electron chi connectivity index (χ3n) is 1.23. The molecule has 0 atom stereocenters. The number of hydrogen-bond acceptors (Lipinski definition) is 3. The fourth-order valence-corrected chi connectivity index (χ4v) is 0.671. The smallest absolute Gasteiger partial charge is 0.196 e. The van der Waals surface area contributed by atoms with Crippen molar-refractivity contribution < 1.29 is 9.47 Å². The number of nitrogens with two attached hydrogens (primary N) is 1. The van der Waals surface area contributed by atoms with Crippen molar-refractivity contribution in [1.82, 2.24) is 0 Å². The number of rotatable bonds is 1. The molecule has 56 valence electrons. The van der Waals surface area contributed by atoms with E-state index in [1.165, 1.54) is 18.2 Å². The lowest BCUT2D eigenvalue weighted by molar-refractivity contribution is -0.00524. The van der Waals surface area contributed by atoms with Crippen molar-refractivity contribution in [3.05, 3.63) is 23.8 Å². The molecule has 0 saturated heterocycles. The van der Waals surface area contributed by atoms with Crippen LogP contribution in [0.5, 0.6) is 5.75 Å². The van der Waals surface area contributed by atoms with Crippen molar-refractivity contribution in [3.8, 4) is 11.8 Å². The monoisotopic (exact) mass is 152 g/mol. The van der Waals surface area contributed by atoms with Gasteiger partial charge in [0.2, 0.25) is 0 Å². The summed E-state index contributed by atoms with van der Waals surface area (Å²) in [6.07, 6.45) is 0. The van der Waals surface area contributed by atoms with E-state index in [4.69, 9.17) is 11.0 Å². The topological polar surface area (TPSA) is 59.0 Å². The van der Waals surface area contributed by atoms with Crippen LogP contribution in [0, 0.1) is 11.3 Å². The lowest BCUT2D eigenvalue weighted by atomic mass is 10.2. The number of nitriles is 1. The predicted molar refractivity (Wildman–Crippen MR) is 37.3 cm³/mol. The number of benzene rings is 1. The first kappa shape index (κ1) is 7.35. The molecule has 0 aliphatic carbocycles. The summed E-state index contributed by atoms with van der Waals surface area (Å²) >= 11 is 0. The number of hydrogen-bond donors (Lipinski definition) is 1. The Bertz CT molecular complexity index is 306. The second-order valence-electron chi connectivity index (χ2n) is 1.94. The second-order valence-corrected chi connectivity index (χ2v) is 1.94. The van der Waals surface area contributed by atoms with Crippen molar-refractivity contribution >= 4 is 5.69 Å². The van der Waals surface area contributed by atoms with Crippen LogP contribution in [0.15, 0.2) is 18.2 Å². The molecule has 4 heteroatoms. The molecule has 1 rings (SSSR count). The van der Waals surface area contributed by atoms with Crippen LogP contribution in [-0.4, -0.2) is 0 Å². The summed E-state index contributed by atoms with van der Waals surface area (Å²) < 4.78 is 11.6. The molecule has 0 unspecified atom stereocenters. The van der Waals surface area contributed by atoms with Gasteiger partial charge in [0.1, 0.15) is 0 Å². The third-order valence-corrected chi connectivity index (χ3v) is 1.23. The number of nitrogens with zero attached hydrogens (tertiary/aromatic N) is 1. The predicted octanol–water partition coefficient (Wildman–Crippen LogP) is 1.40. The van der Waals surface area contributed by atoms with Crippen molar-refractivity contribution in [2.75, 3.05) is 5.73 Å². The van der Waals surface area contributed by atoms with E-state index in [2.05, 4.69) is 4.94 Å². The van der Waals surface area contributed by atoms with Crippen molar-refractivity contribution in [2.45, 2.75) is 0 Å². The summed E-state index contributed by atoms with van der Waals surface area (Å²) in [5.41, 5.74) is 5.76. The van der Waals surface area contributed by atoms with Gasteiger partial charge in [0.05, 0.1) is 17.3 Å². The molecule has 0 saturated carbocycles. The maximum atomic E-state index is 11.6. The summed E-state index contributed by atoms with van der Waals surface area (Å²) in [4.78, 5) is 3.41. The first-order chi connectivity index (χ1) is 5.27. The van der Waals surface area contributed by atoms with Gasteiger partial charge in [0, 0.05) is 10.6 Å². The number of nitrogen functional groups attached to an aromatic ring is 1. The maximum absolute atomic E-state index is 11.6. The van der Waals surface area contributed by atoms with Gasteiger partial charge in [-0.2, -0.15) is 5.26 Å². The SMILES string of the molecule is N#Cc1ccc(N)c(OF)c1. The van der Waals surface area contributed by atoms with Crippen molar-refractivity contribution in [2.24, 2.45) is 0 Å². The molecular weight excluding hydrogens is 147 g/mol. The largest absolute Gasteiger partial charge is 0.396 e. The first-order valence-electron chi connectivity index (χ1n) is 2.86. The fraction of sp³-hybridized carbons (Fsp3) is 0. The van der Waals surface area contributed by atoms with Crippen LogP contribution < -0.4 is 10.7 Å². The van der Waals surface area contributed by atoms with E-state index in [1.807, 2.05) is 6.07 Å². The van der Waals surface area contributed by atoms with Crippen LogP contribution in [0.25, 0.3) is 0 Å². The van der Waals surface area contributed by atoms with Gasteiger partial charge in [0.25, 0.3) is 0 Å². The molecular formula is C7H5FN2O. The average Bonchev–Trinajstić information content (AvgIpc) is 2.05. The average molecular weight is 152 g/mol. The van der Waals surface area contributed by atoms with Crippen LogP contribution in [0.1, 0.15) is 5.56 Å². The zero-order valence-corrected chi connectivity index (χ0v) is 5.54. The van der Waals surface area contributed by atoms with E-state index in [9.17, 15) is 4.53 Å². The molecule has 2 N–H and O–H groups in total. The molecule has 0 spiro atoms. The Morgan fingerprint density at radius 3 is 2.82 bits per heavy atom. The van der Waals surface area contributed by atoms with Gasteiger partial charge in [-0.1, -0.05) is 0 Å². The maximum Gasteiger partial charge on any atom is 0.196 e. The zero-order chi connectivity index (χ0) is 8.27. The van der Waals surface area contributed by atoms with Gasteiger partial charge in [-0.3, -0.25) is 4.94 Å². The van der Waals surface area contributed by atoms with E-state index < -0.39 is 0 Å². The molecule has 0 bridgehead atoms. The number of halogens is 1. The quantitative estimate of drug-likeness (QED) is 0.619. The zero-order valence-electron chi connectivity index (χ0n) is 5.54. The van der Waals surface area contributed by atoms with Gasteiger partial charge in [0.15, 0.2) is 5.75 Å². The fourth-order valence-electron chi connectivity index (χ4n) is 0.671. The molecule has 0 radical (unpaired) electrons. The first-order valence-corrected chi connectivity index (χ1v) is 2.86. The lowest BCUT2D eigenvalue weighted by Gasteiger charge is -1.97. The van der Waals surface area contributed by atoms with Gasteiger partial charge in [-0.05, 0) is 12.1 Å². The summed E-state index contributed by atoms with van der Waals surface area (Å²) in [6.45, 7) is 0. The summed E-state index contributed by atoms with van der Waals surface area (Å²) in [5.74, 6) is -0.121. The Hall–Kier alpha value is -1.76. The van der Waals surface area contributed by atoms with Gasteiger partial charge >= 0.3 is 0 Å². The molecule has 0 fully saturated rings. The second kappa shape index (κ2) is 2.88. The molecule has 1 aromatic rings. The van der Waals surface area contributed by atoms with Crippen molar-refractivity contribution in [1.29, 1.82) is 5.26 Å². The van der Waals surface area contributed by atoms with Crippen LogP contribution >= 0.6 is 0 Å². The van der Waals surface area contributed by atoms with E-state index >= 15 is 0 Å². The summed E-state index contributed by atoms with van der Waals surface area (Å²) in [6, 6.07) is 5.95. The highest BCUT2D eigenvalue weighted by Gasteiger charge is 2.01. The Balaban J connectivity index is 3.15. The van der Waals surface area contributed by atoms with Crippen LogP contribution in [-0.2, 0) is 0 Å². The normalized spacial score (nSPS) is 8.73. The Kier molecular flexibility index (Phi) is 1.93. The highest BCUT2D eigenvalue weighted by molar-refractivity contribution is 5.55. The molecule has 3 nitrogen and oxygen atoms in total. The molecule has 0 aliphatic heterocycles. The molecule has 0 aliphatic rings. The third kappa shape index (κ3) is 1.38. The summed E-state index contributed by atoms with van der Waals surface area (Å²) in [5, 5.41) is 8.38. The van der Waals surface area contributed by atoms with Gasteiger partial charge < -0.3 is 5.73 Å². The van der Waals surface area contributed by atoms with Crippen molar-refractivity contribution in [3.63, 3.8) is 0 Å². The molecule has 0 amide bonds. The molecule has 0 aromatic heterocycles. The van der Waals surface area contributed by atoms with Crippen LogP contribution in [0.4, 0.5) is 10.2 Å². The molecule has 11 heavy (non-hydrogen) atoms. The van der Waals surface area contributed by atoms with E-state index in [-0.39, 0.29) is 11.4 Å². The van der Waals surface area contributed by atoms with E-state index in [0.29, 0.717) is 5.56 Å². The minimum atomic E-state index is -0.121. The van der Waals surface area contributed by atoms with Crippen LogP contribution in [0.2, 0.25) is 0 Å². The minimum Gasteiger partial charge on any atom is -0.396 e. The Morgan fingerprint density at radius 2 is 2.27 bits per heavy atom. The van der Waals surface area contributed by atoms with Gasteiger partial charge in [-0.15, -0.1) is 0 Å². The van der Waals surface area contributed by atoms with E-state index in [0.717, 1.165) is 0 Å². The minimum absolute atomic E-state index is 0.121. The highest BCUT2D eigenvalue weighted by Crippen LogP contribution is 2.22. The Morgan fingerprint density at radius 1 is 1.55 bits per heavy atom. The number of anilines is 1. The highest BCUT2D eigenvalue weighted by atomic mass is 19.3.